The number of benzene rings is 1. The second kappa shape index (κ2) is 9.96. The molecule has 28 heavy (non-hydrogen) atoms. The van der Waals surface area contributed by atoms with Crippen LogP contribution in [0.5, 0.6) is 11.5 Å². The molecule has 1 saturated heterocycles. The molecule has 1 N–H and O–H groups in total. The number of carbonyl (C=O) groups is 3. The first-order chi connectivity index (χ1) is 13.3. The van der Waals surface area contributed by atoms with Gasteiger partial charge in [-0.05, 0) is 37.0 Å². The van der Waals surface area contributed by atoms with Gasteiger partial charge in [0.2, 0.25) is 11.8 Å². The van der Waals surface area contributed by atoms with Gasteiger partial charge in [0.25, 0.3) is 0 Å². The van der Waals surface area contributed by atoms with Crippen molar-refractivity contribution in [2.45, 2.75) is 25.7 Å². The molecule has 0 bridgehead atoms. The smallest absolute Gasteiger partial charge is 0.308 e. The van der Waals surface area contributed by atoms with Gasteiger partial charge in [-0.1, -0.05) is 0 Å². The topological polar surface area (TPSA) is 96.4 Å². The van der Waals surface area contributed by atoms with Crippen LogP contribution in [0.15, 0.2) is 18.2 Å². The maximum atomic E-state index is 12.4. The molecule has 0 aliphatic carbocycles. The number of rotatable bonds is 8. The van der Waals surface area contributed by atoms with Gasteiger partial charge in [-0.2, -0.15) is 0 Å². The van der Waals surface area contributed by atoms with Gasteiger partial charge in [0, 0.05) is 32.6 Å². The number of nitrogens with zero attached hydrogens (tertiary/aromatic N) is 2. The van der Waals surface area contributed by atoms with Crippen LogP contribution >= 0.6 is 0 Å². The van der Waals surface area contributed by atoms with E-state index in [-0.39, 0.29) is 31.3 Å². The first-order valence-corrected chi connectivity index (χ1v) is 9.30. The molecule has 0 radical (unpaired) electrons. The lowest BCUT2D eigenvalue weighted by Crippen LogP contribution is -2.46. The molecule has 1 aliphatic heterocycles. The van der Waals surface area contributed by atoms with Crippen molar-refractivity contribution in [3.05, 3.63) is 23.8 Å². The van der Waals surface area contributed by atoms with E-state index in [2.05, 4.69) is 0 Å². The van der Waals surface area contributed by atoms with Crippen molar-refractivity contribution in [1.29, 1.82) is 0 Å². The number of hydrogen-bond donors (Lipinski definition) is 1. The number of aliphatic carboxylic acids is 1. The van der Waals surface area contributed by atoms with E-state index >= 15 is 0 Å². The van der Waals surface area contributed by atoms with Gasteiger partial charge in [0.15, 0.2) is 0 Å². The zero-order valence-electron chi connectivity index (χ0n) is 16.6. The normalized spacial score (nSPS) is 16.4. The third-order valence-electron chi connectivity index (χ3n) is 4.96. The number of aryl methyl sites for hydroxylation is 1. The summed E-state index contributed by atoms with van der Waals surface area (Å²) in [6, 6.07) is 5.46. The summed E-state index contributed by atoms with van der Waals surface area (Å²) in [5.41, 5.74) is 0.907. The molecule has 1 heterocycles. The van der Waals surface area contributed by atoms with Gasteiger partial charge in [-0.25, -0.2) is 0 Å². The molecule has 0 spiro atoms. The molecule has 1 fully saturated rings. The summed E-state index contributed by atoms with van der Waals surface area (Å²) in [4.78, 5) is 38.9. The Bertz CT molecular complexity index is 698. The van der Waals surface area contributed by atoms with Gasteiger partial charge in [-0.15, -0.1) is 0 Å². The molecule has 1 atom stereocenters. The number of amides is 2. The van der Waals surface area contributed by atoms with E-state index in [1.54, 1.807) is 32.2 Å². The average Bonchev–Trinajstić information content (AvgIpc) is 2.71. The number of methoxy groups -OCH3 is 2. The molecular weight excluding hydrogens is 364 g/mol. The van der Waals surface area contributed by atoms with Gasteiger partial charge < -0.3 is 24.4 Å². The van der Waals surface area contributed by atoms with Crippen LogP contribution in [0.1, 0.15) is 24.8 Å². The SMILES string of the molecule is COc1cc(CCC(=O)N(C)CC(=O)N2CCCC(C(=O)O)C2)cc(OC)c1. The summed E-state index contributed by atoms with van der Waals surface area (Å²) in [5, 5.41) is 9.14. The summed E-state index contributed by atoms with van der Waals surface area (Å²) in [6.07, 6.45) is 1.99. The molecule has 1 aliphatic rings. The lowest BCUT2D eigenvalue weighted by molar-refractivity contribution is -0.147. The van der Waals surface area contributed by atoms with Crippen LogP contribution in [0.25, 0.3) is 0 Å². The minimum atomic E-state index is -0.879. The Morgan fingerprint density at radius 1 is 1.18 bits per heavy atom. The first kappa shape index (κ1) is 21.5. The van der Waals surface area contributed by atoms with E-state index < -0.39 is 11.9 Å². The van der Waals surface area contributed by atoms with Crippen LogP contribution in [-0.2, 0) is 20.8 Å². The molecular formula is C20H28N2O6. The quantitative estimate of drug-likeness (QED) is 0.719. The highest BCUT2D eigenvalue weighted by Gasteiger charge is 2.28. The Morgan fingerprint density at radius 2 is 1.82 bits per heavy atom. The molecule has 0 saturated carbocycles. The molecule has 8 heteroatoms. The predicted octanol–water partition coefficient (Wildman–Crippen LogP) is 1.42. The van der Waals surface area contributed by atoms with Crippen LogP contribution in [0.2, 0.25) is 0 Å². The van der Waals surface area contributed by atoms with Crippen LogP contribution in [0.3, 0.4) is 0 Å². The van der Waals surface area contributed by atoms with E-state index in [0.717, 1.165) is 5.56 Å². The van der Waals surface area contributed by atoms with E-state index in [0.29, 0.717) is 37.3 Å². The fourth-order valence-electron chi connectivity index (χ4n) is 3.25. The third kappa shape index (κ3) is 5.87. The summed E-state index contributed by atoms with van der Waals surface area (Å²) < 4.78 is 10.5. The summed E-state index contributed by atoms with van der Waals surface area (Å²) in [5.74, 6) is -0.462. The zero-order valence-corrected chi connectivity index (χ0v) is 16.6. The van der Waals surface area contributed by atoms with Gasteiger partial charge in [-0.3, -0.25) is 14.4 Å². The Balaban J connectivity index is 1.87. The number of carbonyl (C=O) groups excluding carboxylic acids is 2. The average molecular weight is 392 g/mol. The number of hydrogen-bond acceptors (Lipinski definition) is 5. The van der Waals surface area contributed by atoms with Gasteiger partial charge in [0.1, 0.15) is 11.5 Å². The number of piperidine rings is 1. The maximum absolute atomic E-state index is 12.4. The molecule has 2 amide bonds. The van der Waals surface area contributed by atoms with Crippen molar-refractivity contribution in [2.75, 3.05) is 40.9 Å². The number of likely N-dealkylation sites (tertiary alicyclic amines) is 1. The fraction of sp³-hybridized carbons (Fsp3) is 0.550. The highest BCUT2D eigenvalue weighted by atomic mass is 16.5. The van der Waals surface area contributed by atoms with Crippen LogP contribution in [0, 0.1) is 5.92 Å². The van der Waals surface area contributed by atoms with Gasteiger partial charge in [0.05, 0.1) is 26.7 Å². The fourth-order valence-corrected chi connectivity index (χ4v) is 3.25. The Morgan fingerprint density at radius 3 is 2.39 bits per heavy atom. The molecule has 1 aromatic carbocycles. The summed E-state index contributed by atoms with van der Waals surface area (Å²) in [7, 11) is 4.72. The third-order valence-corrected chi connectivity index (χ3v) is 4.96. The lowest BCUT2D eigenvalue weighted by atomic mass is 9.98. The van der Waals surface area contributed by atoms with Gasteiger partial charge >= 0.3 is 5.97 Å². The standard InChI is InChI=1S/C20H28N2O6/c1-21(13-19(24)22-8-4-5-15(12-22)20(25)26)18(23)7-6-14-9-16(27-2)11-17(10-14)28-3/h9-11,15H,4-8,12-13H2,1-3H3,(H,25,26). The van der Waals surface area contributed by atoms with E-state index in [1.165, 1.54) is 4.90 Å². The molecule has 1 aromatic rings. The molecule has 154 valence electrons. The first-order valence-electron chi connectivity index (χ1n) is 9.30. The summed E-state index contributed by atoms with van der Waals surface area (Å²) in [6.45, 7) is 0.695. The summed E-state index contributed by atoms with van der Waals surface area (Å²) >= 11 is 0. The molecule has 2 rings (SSSR count). The van der Waals surface area contributed by atoms with Crippen molar-refractivity contribution in [3.8, 4) is 11.5 Å². The second-order valence-electron chi connectivity index (χ2n) is 6.99. The van der Waals surface area contributed by atoms with E-state index in [9.17, 15) is 14.4 Å². The van der Waals surface area contributed by atoms with Crippen LogP contribution in [-0.4, -0.2) is 73.6 Å². The number of carboxylic acids is 1. The molecule has 1 unspecified atom stereocenters. The lowest BCUT2D eigenvalue weighted by Gasteiger charge is -2.32. The van der Waals surface area contributed by atoms with Crippen molar-refractivity contribution in [1.82, 2.24) is 9.80 Å². The van der Waals surface area contributed by atoms with Crippen molar-refractivity contribution in [2.24, 2.45) is 5.92 Å². The Labute approximate surface area is 165 Å². The van der Waals surface area contributed by atoms with Crippen LogP contribution in [0.4, 0.5) is 0 Å². The maximum Gasteiger partial charge on any atom is 0.308 e. The minimum Gasteiger partial charge on any atom is -0.497 e. The number of likely N-dealkylation sites (N-methyl/N-ethyl adjacent to an activating group) is 1. The monoisotopic (exact) mass is 392 g/mol. The van der Waals surface area contributed by atoms with E-state index in [4.69, 9.17) is 14.6 Å². The second-order valence-corrected chi connectivity index (χ2v) is 6.99. The molecule has 0 aromatic heterocycles. The van der Waals surface area contributed by atoms with Crippen molar-refractivity contribution < 1.29 is 29.0 Å². The van der Waals surface area contributed by atoms with Crippen LogP contribution < -0.4 is 9.47 Å². The van der Waals surface area contributed by atoms with E-state index in [1.807, 2.05) is 12.1 Å². The largest absolute Gasteiger partial charge is 0.497 e. The number of carboxylic acid groups (broad SMARTS) is 1. The highest BCUT2D eigenvalue weighted by molar-refractivity contribution is 5.85. The Kier molecular flexibility index (Phi) is 7.66. The predicted molar refractivity (Wildman–Crippen MR) is 102 cm³/mol. The minimum absolute atomic E-state index is 0.0490. The highest BCUT2D eigenvalue weighted by Crippen LogP contribution is 2.23. The van der Waals surface area contributed by atoms with Crippen molar-refractivity contribution in [3.63, 3.8) is 0 Å². The number of ether oxygens (including phenoxy) is 2. The Hall–Kier alpha value is -2.77. The molecule has 8 nitrogen and oxygen atoms in total. The zero-order chi connectivity index (χ0) is 20.7. The van der Waals surface area contributed by atoms with Crippen molar-refractivity contribution >= 4 is 17.8 Å².